The van der Waals surface area contributed by atoms with E-state index in [9.17, 15) is 9.59 Å². The molecule has 0 aliphatic carbocycles. The summed E-state index contributed by atoms with van der Waals surface area (Å²) in [5.41, 5.74) is 0.153. The molecule has 0 fully saturated rings. The van der Waals surface area contributed by atoms with Gasteiger partial charge in [0.15, 0.2) is 5.60 Å². The van der Waals surface area contributed by atoms with E-state index in [4.69, 9.17) is 9.47 Å². The highest BCUT2D eigenvalue weighted by atomic mass is 16.6. The average Bonchev–Trinajstić information content (AvgIpc) is 2.59. The van der Waals surface area contributed by atoms with Gasteiger partial charge in [0.25, 0.3) is 5.91 Å². The van der Waals surface area contributed by atoms with Crippen LogP contribution in [0.5, 0.6) is 5.75 Å². The molecule has 0 spiro atoms. The fraction of sp³-hybridized carbons (Fsp3) is 0.263. The molecule has 3 rings (SSSR count). The Morgan fingerprint density at radius 2 is 1.88 bits per heavy atom. The van der Waals surface area contributed by atoms with Crippen LogP contribution in [0.1, 0.15) is 22.8 Å². The molecule has 5 nitrogen and oxygen atoms in total. The molecular weight excluding hydrogens is 306 g/mol. The van der Waals surface area contributed by atoms with E-state index in [1.807, 2.05) is 42.5 Å². The van der Waals surface area contributed by atoms with Gasteiger partial charge >= 0.3 is 5.97 Å². The number of para-hydroxylation sites is 1. The minimum absolute atomic E-state index is 0.318. The van der Waals surface area contributed by atoms with E-state index < -0.39 is 11.6 Å². The Morgan fingerprint density at radius 1 is 1.17 bits per heavy atom. The molecule has 1 unspecified atom stereocenters. The van der Waals surface area contributed by atoms with E-state index in [0.29, 0.717) is 25.1 Å². The summed E-state index contributed by atoms with van der Waals surface area (Å²) in [5, 5.41) is 2.77. The van der Waals surface area contributed by atoms with E-state index >= 15 is 0 Å². The number of fused-ring (bicyclic) bond motifs is 1. The molecule has 0 radical (unpaired) electrons. The second-order valence-corrected chi connectivity index (χ2v) is 5.87. The van der Waals surface area contributed by atoms with Crippen molar-refractivity contribution in [2.75, 3.05) is 13.2 Å². The number of hydrogen-bond donors (Lipinski definition) is 1. The Morgan fingerprint density at radius 3 is 2.67 bits per heavy atom. The van der Waals surface area contributed by atoms with E-state index in [2.05, 4.69) is 5.32 Å². The van der Waals surface area contributed by atoms with Gasteiger partial charge in [0.2, 0.25) is 0 Å². The van der Waals surface area contributed by atoms with Crippen LogP contribution in [0.4, 0.5) is 0 Å². The number of nitrogens with one attached hydrogen (secondary N) is 1. The lowest BCUT2D eigenvalue weighted by atomic mass is 9.89. The lowest BCUT2D eigenvalue weighted by Gasteiger charge is -2.33. The number of cyclic esters (lactones) is 1. The Hall–Kier alpha value is -2.82. The second kappa shape index (κ2) is 6.74. The van der Waals surface area contributed by atoms with Crippen LogP contribution in [0.2, 0.25) is 0 Å². The maximum absolute atomic E-state index is 12.4. The zero-order chi connectivity index (χ0) is 17.0. The molecule has 0 saturated heterocycles. The van der Waals surface area contributed by atoms with Gasteiger partial charge in [-0.1, -0.05) is 36.4 Å². The molecule has 1 N–H and O–H groups in total. The predicted molar refractivity (Wildman–Crippen MR) is 88.9 cm³/mol. The van der Waals surface area contributed by atoms with Crippen LogP contribution in [0.3, 0.4) is 0 Å². The molecule has 5 heteroatoms. The van der Waals surface area contributed by atoms with Crippen LogP contribution in [0.15, 0.2) is 54.6 Å². The van der Waals surface area contributed by atoms with Crippen LogP contribution >= 0.6 is 0 Å². The number of carbonyl (C=O) groups is 2. The van der Waals surface area contributed by atoms with E-state index in [1.165, 1.54) is 0 Å². The van der Waals surface area contributed by atoms with Gasteiger partial charge in [0, 0.05) is 6.42 Å². The Kier molecular flexibility index (Phi) is 4.51. The third-order valence-corrected chi connectivity index (χ3v) is 3.96. The molecule has 124 valence electrons. The quantitative estimate of drug-likeness (QED) is 0.677. The van der Waals surface area contributed by atoms with Crippen molar-refractivity contribution in [3.05, 3.63) is 65.7 Å². The van der Waals surface area contributed by atoms with Crippen molar-refractivity contribution in [3.63, 3.8) is 0 Å². The van der Waals surface area contributed by atoms with Crippen molar-refractivity contribution in [1.29, 1.82) is 0 Å². The molecule has 1 aliphatic rings. The maximum atomic E-state index is 12.4. The molecule has 1 atom stereocenters. The van der Waals surface area contributed by atoms with E-state index in [0.717, 1.165) is 11.3 Å². The Labute approximate surface area is 140 Å². The van der Waals surface area contributed by atoms with Crippen molar-refractivity contribution >= 4 is 11.9 Å². The Balaban J connectivity index is 1.56. The molecule has 24 heavy (non-hydrogen) atoms. The van der Waals surface area contributed by atoms with Gasteiger partial charge in [0.05, 0.1) is 12.1 Å². The number of carbonyl (C=O) groups excluding carboxylic acids is 2. The summed E-state index contributed by atoms with van der Waals surface area (Å²) in [6, 6.07) is 16.6. The van der Waals surface area contributed by atoms with Gasteiger partial charge in [-0.2, -0.15) is 0 Å². The first-order chi connectivity index (χ1) is 11.6. The number of rotatable bonds is 5. The standard InChI is InChI=1S/C19H19NO4/c1-19(13-14-7-5-6-10-16(14)17(21)24-19)18(22)20-11-12-23-15-8-3-2-4-9-15/h2-10H,11-13H2,1H3,(H,20,22). The third-order valence-electron chi connectivity index (χ3n) is 3.96. The van der Waals surface area contributed by atoms with Gasteiger partial charge in [-0.05, 0) is 30.7 Å². The van der Waals surface area contributed by atoms with Crippen LogP contribution in [-0.4, -0.2) is 30.6 Å². The molecule has 0 aromatic heterocycles. The van der Waals surface area contributed by atoms with Crippen LogP contribution in [0.25, 0.3) is 0 Å². The summed E-state index contributed by atoms with van der Waals surface area (Å²) < 4.78 is 10.9. The van der Waals surface area contributed by atoms with Crippen molar-refractivity contribution in [3.8, 4) is 5.75 Å². The molecule has 1 aliphatic heterocycles. The van der Waals surface area contributed by atoms with Crippen molar-refractivity contribution in [2.45, 2.75) is 18.9 Å². The second-order valence-electron chi connectivity index (χ2n) is 5.87. The fourth-order valence-corrected chi connectivity index (χ4v) is 2.70. The number of hydrogen-bond acceptors (Lipinski definition) is 4. The highest BCUT2D eigenvalue weighted by Gasteiger charge is 2.42. The molecule has 1 amide bonds. The van der Waals surface area contributed by atoms with Gasteiger partial charge in [-0.25, -0.2) is 4.79 Å². The van der Waals surface area contributed by atoms with Crippen molar-refractivity contribution in [1.82, 2.24) is 5.32 Å². The molecular formula is C19H19NO4. The summed E-state index contributed by atoms with van der Waals surface area (Å²) in [5.74, 6) is -0.0342. The topological polar surface area (TPSA) is 64.6 Å². The summed E-state index contributed by atoms with van der Waals surface area (Å²) >= 11 is 0. The molecule has 0 bridgehead atoms. The van der Waals surface area contributed by atoms with E-state index in [1.54, 1.807) is 19.1 Å². The first kappa shape index (κ1) is 16.1. The monoisotopic (exact) mass is 325 g/mol. The number of benzene rings is 2. The maximum Gasteiger partial charge on any atom is 0.339 e. The minimum atomic E-state index is -1.20. The molecule has 2 aromatic rings. The number of amides is 1. The molecule has 1 heterocycles. The third kappa shape index (κ3) is 3.40. The van der Waals surface area contributed by atoms with Crippen LogP contribution < -0.4 is 10.1 Å². The highest BCUT2D eigenvalue weighted by molar-refractivity contribution is 5.97. The van der Waals surface area contributed by atoms with Gasteiger partial charge in [-0.3, -0.25) is 4.79 Å². The number of ether oxygens (including phenoxy) is 2. The van der Waals surface area contributed by atoms with Gasteiger partial charge in [0.1, 0.15) is 12.4 Å². The van der Waals surface area contributed by atoms with Crippen molar-refractivity contribution < 1.29 is 19.1 Å². The minimum Gasteiger partial charge on any atom is -0.492 e. The van der Waals surface area contributed by atoms with E-state index in [-0.39, 0.29) is 5.91 Å². The first-order valence-electron chi connectivity index (χ1n) is 7.86. The molecule has 2 aromatic carbocycles. The summed E-state index contributed by atoms with van der Waals surface area (Å²) in [7, 11) is 0. The largest absolute Gasteiger partial charge is 0.492 e. The van der Waals surface area contributed by atoms with Gasteiger partial charge < -0.3 is 14.8 Å². The SMILES string of the molecule is CC1(C(=O)NCCOc2ccccc2)Cc2ccccc2C(=O)O1. The summed E-state index contributed by atoms with van der Waals surface area (Å²) in [6.07, 6.45) is 0.361. The van der Waals surface area contributed by atoms with Crippen molar-refractivity contribution in [2.24, 2.45) is 0 Å². The molecule has 0 saturated carbocycles. The lowest BCUT2D eigenvalue weighted by molar-refractivity contribution is -0.139. The lowest BCUT2D eigenvalue weighted by Crippen LogP contribution is -2.52. The first-order valence-corrected chi connectivity index (χ1v) is 7.86. The Bertz CT molecular complexity index is 744. The summed E-state index contributed by atoms with van der Waals surface area (Å²) in [4.78, 5) is 24.5. The number of esters is 1. The fourth-order valence-electron chi connectivity index (χ4n) is 2.70. The normalized spacial score (nSPS) is 19.1. The zero-order valence-corrected chi connectivity index (χ0v) is 13.5. The summed E-state index contributed by atoms with van der Waals surface area (Å²) in [6.45, 7) is 2.31. The smallest absolute Gasteiger partial charge is 0.339 e. The van der Waals surface area contributed by atoms with Gasteiger partial charge in [-0.15, -0.1) is 0 Å². The zero-order valence-electron chi connectivity index (χ0n) is 13.5. The van der Waals surface area contributed by atoms with Crippen LogP contribution in [0, 0.1) is 0 Å². The predicted octanol–water partition coefficient (Wildman–Crippen LogP) is 2.35. The van der Waals surface area contributed by atoms with Crippen LogP contribution in [-0.2, 0) is 16.0 Å². The highest BCUT2D eigenvalue weighted by Crippen LogP contribution is 2.28. The average molecular weight is 325 g/mol.